The predicted molar refractivity (Wildman–Crippen MR) is 386 cm³/mol. The second-order valence-electron chi connectivity index (χ2n) is 24.5. The number of furan rings is 4. The molecule has 0 spiro atoms. The van der Waals surface area contributed by atoms with Crippen LogP contribution in [0, 0.1) is 0 Å². The van der Waals surface area contributed by atoms with Gasteiger partial charge in [0.1, 0.15) is 44.7 Å². The number of para-hydroxylation sites is 1. The summed E-state index contributed by atoms with van der Waals surface area (Å²) in [4.78, 5) is 0. The molecule has 426 valence electrons. The molecule has 0 atom stereocenters. The summed E-state index contributed by atoms with van der Waals surface area (Å²) in [6.45, 7) is 0. The van der Waals surface area contributed by atoms with E-state index in [4.69, 9.17) is 17.7 Å². The molecule has 4 heteroatoms. The summed E-state index contributed by atoms with van der Waals surface area (Å²) in [7, 11) is 0. The molecule has 4 aromatic heterocycles. The van der Waals surface area contributed by atoms with Crippen molar-refractivity contribution >= 4 is 163 Å². The van der Waals surface area contributed by atoms with Crippen LogP contribution in [0.2, 0.25) is 0 Å². The lowest BCUT2D eigenvalue weighted by atomic mass is 9.85. The van der Waals surface area contributed by atoms with E-state index in [-0.39, 0.29) is 0 Å². The fraction of sp³-hybridized carbons (Fsp3) is 0. The molecule has 0 saturated heterocycles. The van der Waals surface area contributed by atoms with Crippen molar-refractivity contribution in [2.45, 2.75) is 0 Å². The van der Waals surface area contributed by atoms with Gasteiger partial charge in [0.2, 0.25) is 0 Å². The summed E-state index contributed by atoms with van der Waals surface area (Å²) in [6, 6.07) is 109. The first kappa shape index (κ1) is 50.7. The topological polar surface area (TPSA) is 52.6 Å². The quantitative estimate of drug-likeness (QED) is 0.165. The van der Waals surface area contributed by atoms with E-state index in [1.165, 1.54) is 120 Å². The second-order valence-corrected chi connectivity index (χ2v) is 24.5. The molecule has 0 radical (unpaired) electrons. The van der Waals surface area contributed by atoms with Crippen LogP contribution in [0.3, 0.4) is 0 Å². The predicted octanol–water partition coefficient (Wildman–Crippen LogP) is 25.7. The fourth-order valence-electron chi connectivity index (χ4n) is 15.2. The minimum atomic E-state index is 0.905. The van der Waals surface area contributed by atoms with E-state index >= 15 is 0 Å². The van der Waals surface area contributed by atoms with Crippen molar-refractivity contribution in [1.82, 2.24) is 0 Å². The van der Waals surface area contributed by atoms with Crippen molar-refractivity contribution in [2.24, 2.45) is 0 Å². The minimum Gasteiger partial charge on any atom is -0.456 e. The molecule has 21 rings (SSSR count). The third kappa shape index (κ3) is 7.71. The number of benzene rings is 17. The Morgan fingerprint density at radius 3 is 0.609 bits per heavy atom. The molecule has 21 aromatic rings. The van der Waals surface area contributed by atoms with E-state index in [2.05, 4.69) is 291 Å². The van der Waals surface area contributed by atoms with Crippen LogP contribution in [-0.2, 0) is 0 Å². The summed E-state index contributed by atoms with van der Waals surface area (Å²) >= 11 is 0. The molecule has 0 unspecified atom stereocenters. The van der Waals surface area contributed by atoms with Gasteiger partial charge in [0.25, 0.3) is 0 Å². The van der Waals surface area contributed by atoms with Crippen molar-refractivity contribution in [3.8, 4) is 44.5 Å². The summed E-state index contributed by atoms with van der Waals surface area (Å²) in [5.74, 6) is 0. The monoisotopic (exact) mass is 1170 g/mol. The average Bonchev–Trinajstić information content (AvgIpc) is 1.15. The van der Waals surface area contributed by atoms with Gasteiger partial charge in [-0.25, -0.2) is 0 Å². The van der Waals surface area contributed by atoms with Crippen LogP contribution in [0.5, 0.6) is 0 Å². The first-order chi connectivity index (χ1) is 45.6. The summed E-state index contributed by atoms with van der Waals surface area (Å²) in [5.41, 5.74) is 17.0. The third-order valence-corrected chi connectivity index (χ3v) is 19.4. The molecule has 0 saturated carbocycles. The molecule has 92 heavy (non-hydrogen) atoms. The fourth-order valence-corrected chi connectivity index (χ4v) is 15.2. The van der Waals surface area contributed by atoms with Crippen molar-refractivity contribution in [3.05, 3.63) is 303 Å². The highest BCUT2D eigenvalue weighted by Gasteiger charge is 2.22. The lowest BCUT2D eigenvalue weighted by Crippen LogP contribution is -1.90. The standard InChI is InChI=1S/C46H26O2.C42H24O2/c1-3-11-29-25-43-39(21-27(29)9-1)37-23-31(17-19-41(37)47-43)45-33-13-5-7-15-35(33)46(36-16-8-6-14-34(36)45)32-18-20-42-38(24-32)40-22-28-10-2-4-12-30(28)26-44(40)48-42;1-2-10-26-24-40-36(21-25(26)9-1)35-23-28(18-20-39(35)44-40)42-32-14-5-3-12-30(32)41(31-13-4-6-15-33(31)42)27-17-19-38-34(22-27)29-11-7-8-16-37(29)43-38/h1-26H;1-24H. The SMILES string of the molecule is c1ccc2cc3c(cc2c1)oc1ccc(-c2c4ccccc4c(-c4ccc5oc6cc7ccccc7cc6c5c4)c4ccccc24)cc13.c1ccc2cc3c(cc2c1)oc1ccc(-c2c4ccccc4c(-c4ccc5oc6ccccc6c5c4)c4ccccc24)cc13. The Kier molecular flexibility index (Phi) is 10.8. The molecule has 4 nitrogen and oxygen atoms in total. The van der Waals surface area contributed by atoms with Crippen LogP contribution < -0.4 is 0 Å². The Balaban J connectivity index is 0.000000128. The molecule has 4 heterocycles. The Morgan fingerprint density at radius 1 is 0.130 bits per heavy atom. The van der Waals surface area contributed by atoms with Crippen LogP contribution in [0.4, 0.5) is 0 Å². The van der Waals surface area contributed by atoms with Crippen LogP contribution in [-0.4, -0.2) is 0 Å². The largest absolute Gasteiger partial charge is 0.456 e. The van der Waals surface area contributed by atoms with Gasteiger partial charge in [-0.15, -0.1) is 0 Å². The highest BCUT2D eigenvalue weighted by molar-refractivity contribution is 6.25. The maximum absolute atomic E-state index is 6.38. The van der Waals surface area contributed by atoms with Gasteiger partial charge in [0.15, 0.2) is 0 Å². The van der Waals surface area contributed by atoms with Gasteiger partial charge >= 0.3 is 0 Å². The normalized spacial score (nSPS) is 12.1. The van der Waals surface area contributed by atoms with Crippen molar-refractivity contribution in [2.75, 3.05) is 0 Å². The van der Waals surface area contributed by atoms with E-state index in [0.717, 1.165) is 87.8 Å². The van der Waals surface area contributed by atoms with Crippen LogP contribution >= 0.6 is 0 Å². The zero-order chi connectivity index (χ0) is 60.1. The molecule has 0 bridgehead atoms. The molecule has 0 aliphatic heterocycles. The van der Waals surface area contributed by atoms with Gasteiger partial charge < -0.3 is 17.7 Å². The second kappa shape index (κ2) is 19.6. The Morgan fingerprint density at radius 2 is 0.326 bits per heavy atom. The van der Waals surface area contributed by atoms with Crippen LogP contribution in [0.15, 0.2) is 321 Å². The van der Waals surface area contributed by atoms with Crippen LogP contribution in [0.25, 0.3) is 208 Å². The van der Waals surface area contributed by atoms with Crippen molar-refractivity contribution in [1.29, 1.82) is 0 Å². The molecule has 0 amide bonds. The highest BCUT2D eigenvalue weighted by atomic mass is 16.3. The summed E-state index contributed by atoms with van der Waals surface area (Å²) < 4.78 is 25.3. The zero-order valence-corrected chi connectivity index (χ0v) is 49.5. The van der Waals surface area contributed by atoms with Gasteiger partial charge in [0, 0.05) is 43.1 Å². The zero-order valence-electron chi connectivity index (χ0n) is 49.5. The van der Waals surface area contributed by atoms with Gasteiger partial charge in [-0.1, -0.05) is 212 Å². The maximum atomic E-state index is 6.38. The van der Waals surface area contributed by atoms with Gasteiger partial charge in [-0.2, -0.15) is 0 Å². The third-order valence-electron chi connectivity index (χ3n) is 19.4. The summed E-state index contributed by atoms with van der Waals surface area (Å²) in [6.07, 6.45) is 0. The van der Waals surface area contributed by atoms with Gasteiger partial charge in [-0.3, -0.25) is 0 Å². The Labute approximate surface area is 525 Å². The number of fused-ring (bicyclic) bond motifs is 19. The van der Waals surface area contributed by atoms with Gasteiger partial charge in [0.05, 0.1) is 0 Å². The Bertz CT molecular complexity index is 6380. The lowest BCUT2D eigenvalue weighted by Gasteiger charge is -2.18. The Hall–Kier alpha value is -12.2. The molecule has 0 fully saturated rings. The van der Waals surface area contributed by atoms with Crippen molar-refractivity contribution in [3.63, 3.8) is 0 Å². The van der Waals surface area contributed by atoms with Gasteiger partial charge in [-0.05, 0) is 211 Å². The molecule has 0 aliphatic carbocycles. The average molecular weight is 1170 g/mol. The van der Waals surface area contributed by atoms with E-state index < -0.39 is 0 Å². The molecule has 0 N–H and O–H groups in total. The number of hydrogen-bond donors (Lipinski definition) is 0. The van der Waals surface area contributed by atoms with Crippen molar-refractivity contribution < 1.29 is 17.7 Å². The number of rotatable bonds is 4. The lowest BCUT2D eigenvalue weighted by molar-refractivity contribution is 0.668. The molecule has 17 aromatic carbocycles. The molecular formula is C88H50O4. The first-order valence-electron chi connectivity index (χ1n) is 31.4. The van der Waals surface area contributed by atoms with E-state index in [1.54, 1.807) is 0 Å². The van der Waals surface area contributed by atoms with E-state index in [1.807, 2.05) is 12.1 Å². The summed E-state index contributed by atoms with van der Waals surface area (Å²) in [5, 5.41) is 26.2. The minimum absolute atomic E-state index is 0.905. The number of hydrogen-bond acceptors (Lipinski definition) is 4. The smallest absolute Gasteiger partial charge is 0.136 e. The highest BCUT2D eigenvalue weighted by Crippen LogP contribution is 2.49. The van der Waals surface area contributed by atoms with E-state index in [9.17, 15) is 0 Å². The maximum Gasteiger partial charge on any atom is 0.136 e. The molecular weight excluding hydrogens is 1120 g/mol. The first-order valence-corrected chi connectivity index (χ1v) is 31.4. The van der Waals surface area contributed by atoms with Crippen LogP contribution in [0.1, 0.15) is 0 Å². The van der Waals surface area contributed by atoms with E-state index in [0.29, 0.717) is 0 Å². The molecule has 0 aliphatic rings.